The molecule has 4 aromatic rings. The molecule has 1 fully saturated rings. The van der Waals surface area contributed by atoms with Gasteiger partial charge in [-0.05, 0) is 61.6 Å². The topological polar surface area (TPSA) is 64.0 Å². The number of nitrogens with one attached hydrogen (secondary N) is 1. The molecule has 1 spiro atoms. The van der Waals surface area contributed by atoms with Gasteiger partial charge < -0.3 is 5.32 Å². The number of carbonyl (C=O) groups excluding carboxylic acids is 1. The highest BCUT2D eigenvalue weighted by molar-refractivity contribution is 7.99. The third-order valence-electron chi connectivity index (χ3n) is 8.29. The van der Waals surface area contributed by atoms with Gasteiger partial charge in [0.05, 0.1) is 33.9 Å². The van der Waals surface area contributed by atoms with E-state index in [1.807, 2.05) is 49.4 Å². The van der Waals surface area contributed by atoms with Gasteiger partial charge in [-0.1, -0.05) is 79.6 Å². The maximum absolute atomic E-state index is 14.6. The molecule has 216 valence electrons. The van der Waals surface area contributed by atoms with Gasteiger partial charge in [0.25, 0.3) is 5.56 Å². The Labute approximate surface area is 246 Å². The van der Waals surface area contributed by atoms with Crippen molar-refractivity contribution in [3.8, 4) is 16.9 Å². The van der Waals surface area contributed by atoms with Crippen LogP contribution in [0.15, 0.2) is 82.7 Å². The number of anilines is 1. The maximum Gasteiger partial charge on any atom is 0.418 e. The van der Waals surface area contributed by atoms with Gasteiger partial charge in [-0.25, -0.2) is 4.98 Å². The molecule has 1 saturated carbocycles. The van der Waals surface area contributed by atoms with E-state index >= 15 is 0 Å². The number of hydrogen-bond donors (Lipinski definition) is 1. The lowest BCUT2D eigenvalue weighted by Crippen LogP contribution is -2.43. The predicted molar refractivity (Wildman–Crippen MR) is 159 cm³/mol. The van der Waals surface area contributed by atoms with Crippen LogP contribution in [0.4, 0.5) is 18.9 Å². The van der Waals surface area contributed by atoms with E-state index in [1.54, 1.807) is 4.57 Å². The molecule has 5 nitrogen and oxygen atoms in total. The first-order valence-corrected chi connectivity index (χ1v) is 15.1. The van der Waals surface area contributed by atoms with E-state index in [4.69, 9.17) is 4.98 Å². The molecule has 1 aromatic heterocycles. The largest absolute Gasteiger partial charge is 0.418 e. The number of nitrogens with zero attached hydrogens (tertiary/aromatic N) is 2. The molecule has 3 aromatic carbocycles. The van der Waals surface area contributed by atoms with Crippen molar-refractivity contribution in [3.05, 3.63) is 105 Å². The van der Waals surface area contributed by atoms with Crippen LogP contribution >= 0.6 is 11.8 Å². The average Bonchev–Trinajstić information content (AvgIpc) is 2.96. The molecule has 1 N–H and O–H groups in total. The fourth-order valence-corrected chi connectivity index (χ4v) is 7.24. The number of aromatic nitrogens is 2. The summed E-state index contributed by atoms with van der Waals surface area (Å²) < 4.78 is 42.1. The molecular weight excluding hydrogens is 559 g/mol. The molecule has 42 heavy (non-hydrogen) atoms. The smallest absolute Gasteiger partial charge is 0.325 e. The Hall–Kier alpha value is -3.85. The van der Waals surface area contributed by atoms with Crippen molar-refractivity contribution < 1.29 is 18.0 Å². The van der Waals surface area contributed by atoms with Crippen LogP contribution in [0.1, 0.15) is 54.4 Å². The molecule has 2 aliphatic carbocycles. The van der Waals surface area contributed by atoms with Crippen molar-refractivity contribution in [1.29, 1.82) is 0 Å². The first-order chi connectivity index (χ1) is 20.2. The minimum absolute atomic E-state index is 0.146. The third-order valence-corrected chi connectivity index (χ3v) is 9.23. The number of carbonyl (C=O) groups is 1. The fourth-order valence-electron chi connectivity index (χ4n) is 6.44. The molecule has 0 radical (unpaired) electrons. The van der Waals surface area contributed by atoms with E-state index in [0.29, 0.717) is 16.5 Å². The summed E-state index contributed by atoms with van der Waals surface area (Å²) in [6, 6.07) is 20.5. The lowest BCUT2D eigenvalue weighted by atomic mass is 9.62. The Morgan fingerprint density at radius 3 is 2.50 bits per heavy atom. The average molecular weight is 590 g/mol. The molecule has 0 bridgehead atoms. The summed E-state index contributed by atoms with van der Waals surface area (Å²) in [5.74, 6) is -0.848. The highest BCUT2D eigenvalue weighted by Crippen LogP contribution is 2.49. The van der Waals surface area contributed by atoms with Gasteiger partial charge in [0.1, 0.15) is 0 Å². The lowest BCUT2D eigenvalue weighted by Gasteiger charge is -2.42. The number of alkyl halides is 3. The summed E-state index contributed by atoms with van der Waals surface area (Å²) in [6.45, 7) is 1.94. The van der Waals surface area contributed by atoms with Gasteiger partial charge in [0.15, 0.2) is 5.16 Å². The number of hydrogen-bond acceptors (Lipinski definition) is 4. The molecule has 1 heterocycles. The monoisotopic (exact) mass is 589 g/mol. The highest BCUT2D eigenvalue weighted by Gasteiger charge is 2.43. The number of aryl methyl sites for hydroxylation is 1. The Morgan fingerprint density at radius 1 is 1.00 bits per heavy atom. The Bertz CT molecular complexity index is 1720. The second kappa shape index (κ2) is 11.1. The van der Waals surface area contributed by atoms with E-state index < -0.39 is 17.6 Å². The SMILES string of the molecule is Cc1cccc(-n2c(SCC(=O)Nc3ccccc3C(F)(F)F)nc3c(c2=O)C2(CCCCC2)Cc2ccccc2-3)c1. The van der Waals surface area contributed by atoms with Gasteiger partial charge in [0, 0.05) is 11.0 Å². The molecule has 2 aliphatic rings. The maximum atomic E-state index is 14.6. The number of halogens is 3. The molecule has 9 heteroatoms. The molecule has 6 rings (SSSR count). The number of para-hydroxylation sites is 1. The fraction of sp³-hybridized carbons (Fsp3) is 0.303. The first-order valence-electron chi connectivity index (χ1n) is 14.1. The Morgan fingerprint density at radius 2 is 1.74 bits per heavy atom. The van der Waals surface area contributed by atoms with E-state index in [1.165, 1.54) is 18.2 Å². The Balaban J connectivity index is 1.44. The van der Waals surface area contributed by atoms with Crippen molar-refractivity contribution in [3.63, 3.8) is 0 Å². The van der Waals surface area contributed by atoms with Crippen molar-refractivity contribution in [2.24, 2.45) is 0 Å². The van der Waals surface area contributed by atoms with Crippen molar-refractivity contribution >= 4 is 23.4 Å². The van der Waals surface area contributed by atoms with Crippen LogP contribution in [-0.2, 0) is 22.8 Å². The first kappa shape index (κ1) is 28.3. The standard InChI is InChI=1S/C33H30F3N3O2S/c1-21-10-9-12-23(18-21)39-30(41)28-29(24-13-4-3-11-22(24)19-32(28)16-7-2-8-17-32)38-31(39)42-20-27(40)37-26-15-6-5-14-25(26)33(34,35)36/h3-6,9-15,18H,2,7-8,16-17,19-20H2,1H3,(H,37,40). The van der Waals surface area contributed by atoms with Crippen LogP contribution < -0.4 is 10.9 Å². The zero-order chi connectivity index (χ0) is 29.5. The minimum atomic E-state index is -4.61. The zero-order valence-corrected chi connectivity index (χ0v) is 23.9. The van der Waals surface area contributed by atoms with Gasteiger partial charge in [0.2, 0.25) is 5.91 Å². The molecule has 0 aliphatic heterocycles. The van der Waals surface area contributed by atoms with Gasteiger partial charge in [-0.3, -0.25) is 14.2 Å². The lowest BCUT2D eigenvalue weighted by molar-refractivity contribution is -0.137. The Kier molecular flexibility index (Phi) is 7.47. The van der Waals surface area contributed by atoms with Gasteiger partial charge in [-0.15, -0.1) is 0 Å². The number of amides is 1. The number of rotatable bonds is 5. The van der Waals surface area contributed by atoms with Crippen LogP contribution in [0.3, 0.4) is 0 Å². The summed E-state index contributed by atoms with van der Waals surface area (Å²) in [7, 11) is 0. The summed E-state index contributed by atoms with van der Waals surface area (Å²) in [6.07, 6.45) is 1.22. The molecule has 1 amide bonds. The van der Waals surface area contributed by atoms with Crippen LogP contribution in [0.25, 0.3) is 16.9 Å². The van der Waals surface area contributed by atoms with Crippen molar-refractivity contribution in [2.45, 2.75) is 62.2 Å². The second-order valence-electron chi connectivity index (χ2n) is 11.2. The molecular formula is C33H30F3N3O2S. The summed E-state index contributed by atoms with van der Waals surface area (Å²) in [4.78, 5) is 32.6. The zero-order valence-electron chi connectivity index (χ0n) is 23.1. The van der Waals surface area contributed by atoms with Crippen LogP contribution in [-0.4, -0.2) is 21.2 Å². The van der Waals surface area contributed by atoms with Gasteiger partial charge in [-0.2, -0.15) is 13.2 Å². The van der Waals surface area contributed by atoms with E-state index in [2.05, 4.69) is 11.4 Å². The predicted octanol–water partition coefficient (Wildman–Crippen LogP) is 7.72. The third kappa shape index (κ3) is 5.26. The van der Waals surface area contributed by atoms with Crippen molar-refractivity contribution in [1.82, 2.24) is 9.55 Å². The van der Waals surface area contributed by atoms with Crippen LogP contribution in [0, 0.1) is 6.92 Å². The number of fused-ring (bicyclic) bond motifs is 4. The van der Waals surface area contributed by atoms with E-state index in [0.717, 1.165) is 78.6 Å². The van der Waals surface area contributed by atoms with E-state index in [-0.39, 0.29) is 22.4 Å². The number of benzene rings is 3. The summed E-state index contributed by atoms with van der Waals surface area (Å²) in [5.41, 5.74) is 3.39. The number of thioether (sulfide) groups is 1. The van der Waals surface area contributed by atoms with E-state index in [9.17, 15) is 22.8 Å². The van der Waals surface area contributed by atoms with Crippen LogP contribution in [0.5, 0.6) is 0 Å². The normalized spacial score (nSPS) is 15.6. The second-order valence-corrected chi connectivity index (χ2v) is 12.1. The molecule has 0 unspecified atom stereocenters. The molecule has 0 atom stereocenters. The van der Waals surface area contributed by atoms with Crippen LogP contribution in [0.2, 0.25) is 0 Å². The highest BCUT2D eigenvalue weighted by atomic mass is 32.2. The summed E-state index contributed by atoms with van der Waals surface area (Å²) >= 11 is 1.04. The molecule has 0 saturated heterocycles. The summed E-state index contributed by atoms with van der Waals surface area (Å²) in [5, 5.41) is 2.73. The minimum Gasteiger partial charge on any atom is -0.325 e. The van der Waals surface area contributed by atoms with Crippen molar-refractivity contribution in [2.75, 3.05) is 11.1 Å². The van der Waals surface area contributed by atoms with Gasteiger partial charge >= 0.3 is 6.18 Å². The quantitative estimate of drug-likeness (QED) is 0.191.